The van der Waals surface area contributed by atoms with Crippen LogP contribution < -0.4 is 10.2 Å². The van der Waals surface area contributed by atoms with Gasteiger partial charge in [-0.05, 0) is 58.7 Å². The molecule has 34 heavy (non-hydrogen) atoms. The van der Waals surface area contributed by atoms with Gasteiger partial charge in [0.25, 0.3) is 5.91 Å². The van der Waals surface area contributed by atoms with Crippen LogP contribution in [0, 0.1) is 0 Å². The topological polar surface area (TPSA) is 70.9 Å². The largest absolute Gasteiger partial charge is 0.489 e. The molecule has 0 spiro atoms. The molecular weight excluding hydrogens is 492 g/mol. The highest BCUT2D eigenvalue weighted by Crippen LogP contribution is 2.29. The average molecular weight is 515 g/mol. The van der Waals surface area contributed by atoms with Crippen molar-refractivity contribution in [1.82, 2.24) is 5.43 Å². The minimum Gasteiger partial charge on any atom is -0.489 e. The SMILES string of the molecule is O=C(NN=Cc1ccc(OCc2ccc(Br)cc2)cc1)C(O)(c1ccccc1)c1ccccc1. The van der Waals surface area contributed by atoms with Gasteiger partial charge < -0.3 is 9.84 Å². The number of hydrogen-bond donors (Lipinski definition) is 2. The predicted molar refractivity (Wildman–Crippen MR) is 137 cm³/mol. The highest BCUT2D eigenvalue weighted by atomic mass is 79.9. The third-order valence-corrected chi connectivity index (χ3v) is 5.82. The van der Waals surface area contributed by atoms with Crippen LogP contribution in [0.3, 0.4) is 0 Å². The number of hydrogen-bond acceptors (Lipinski definition) is 4. The Hall–Kier alpha value is -3.74. The molecule has 4 rings (SSSR count). The van der Waals surface area contributed by atoms with Gasteiger partial charge in [0.2, 0.25) is 0 Å². The number of nitrogens with one attached hydrogen (secondary N) is 1. The fraction of sp³-hybridized carbons (Fsp3) is 0.0714. The second-order valence-electron chi connectivity index (χ2n) is 7.63. The maximum Gasteiger partial charge on any atom is 0.281 e. The Balaban J connectivity index is 1.41. The molecule has 0 aromatic heterocycles. The van der Waals surface area contributed by atoms with Crippen molar-refractivity contribution in [3.63, 3.8) is 0 Å². The first-order chi connectivity index (χ1) is 16.6. The summed E-state index contributed by atoms with van der Waals surface area (Å²) < 4.78 is 6.84. The molecule has 4 aromatic rings. The molecule has 0 aliphatic carbocycles. The number of rotatable bonds is 8. The van der Waals surface area contributed by atoms with Gasteiger partial charge in [-0.2, -0.15) is 5.10 Å². The third kappa shape index (κ3) is 5.60. The summed E-state index contributed by atoms with van der Waals surface area (Å²) in [7, 11) is 0. The van der Waals surface area contributed by atoms with Gasteiger partial charge in [0.15, 0.2) is 5.60 Å². The molecule has 0 atom stereocenters. The molecule has 6 heteroatoms. The van der Waals surface area contributed by atoms with Gasteiger partial charge in [-0.15, -0.1) is 0 Å². The number of amides is 1. The van der Waals surface area contributed by atoms with E-state index in [0.29, 0.717) is 17.7 Å². The van der Waals surface area contributed by atoms with Crippen molar-refractivity contribution in [2.75, 3.05) is 0 Å². The summed E-state index contributed by atoms with van der Waals surface area (Å²) in [4.78, 5) is 13.1. The van der Waals surface area contributed by atoms with Crippen LogP contribution in [0.25, 0.3) is 0 Å². The lowest BCUT2D eigenvalue weighted by molar-refractivity contribution is -0.136. The molecule has 2 N–H and O–H groups in total. The number of benzene rings is 4. The lowest BCUT2D eigenvalue weighted by Gasteiger charge is -2.27. The number of nitrogens with zero attached hydrogens (tertiary/aromatic N) is 1. The normalized spacial score (nSPS) is 11.4. The first kappa shape index (κ1) is 23.4. The van der Waals surface area contributed by atoms with Gasteiger partial charge in [-0.25, -0.2) is 5.43 Å². The first-order valence-corrected chi connectivity index (χ1v) is 11.5. The van der Waals surface area contributed by atoms with Gasteiger partial charge in [0.05, 0.1) is 6.21 Å². The van der Waals surface area contributed by atoms with Gasteiger partial charge >= 0.3 is 0 Å². The highest BCUT2D eigenvalue weighted by molar-refractivity contribution is 9.10. The summed E-state index contributed by atoms with van der Waals surface area (Å²) in [5, 5.41) is 15.5. The third-order valence-electron chi connectivity index (χ3n) is 5.29. The maximum atomic E-state index is 13.1. The van der Waals surface area contributed by atoms with E-state index >= 15 is 0 Å². The van der Waals surface area contributed by atoms with Crippen molar-refractivity contribution in [2.45, 2.75) is 12.2 Å². The molecular formula is C28H23BrN2O3. The minimum absolute atomic E-state index is 0.459. The van der Waals surface area contributed by atoms with Crippen molar-refractivity contribution in [3.8, 4) is 5.75 Å². The van der Waals surface area contributed by atoms with Crippen LogP contribution in [-0.2, 0) is 17.0 Å². The van der Waals surface area contributed by atoms with Crippen LogP contribution in [0.4, 0.5) is 0 Å². The van der Waals surface area contributed by atoms with E-state index in [0.717, 1.165) is 21.3 Å². The molecule has 0 radical (unpaired) electrons. The van der Waals surface area contributed by atoms with Crippen molar-refractivity contribution in [3.05, 3.63) is 136 Å². The Labute approximate surface area is 206 Å². The van der Waals surface area contributed by atoms with Crippen LogP contribution in [-0.4, -0.2) is 17.2 Å². The fourth-order valence-electron chi connectivity index (χ4n) is 3.43. The van der Waals surface area contributed by atoms with E-state index < -0.39 is 11.5 Å². The van der Waals surface area contributed by atoms with Crippen molar-refractivity contribution >= 4 is 28.1 Å². The number of carbonyl (C=O) groups excluding carboxylic acids is 1. The van der Waals surface area contributed by atoms with Crippen molar-refractivity contribution in [1.29, 1.82) is 0 Å². The van der Waals surface area contributed by atoms with E-state index in [-0.39, 0.29) is 0 Å². The average Bonchev–Trinajstić information content (AvgIpc) is 2.89. The van der Waals surface area contributed by atoms with Crippen LogP contribution in [0.15, 0.2) is 119 Å². The lowest BCUT2D eigenvalue weighted by Crippen LogP contribution is -2.43. The molecule has 0 aliphatic heterocycles. The van der Waals surface area contributed by atoms with Gasteiger partial charge in [-0.3, -0.25) is 4.79 Å². The number of carbonyl (C=O) groups is 1. The Morgan fingerprint density at radius 2 is 1.41 bits per heavy atom. The number of halogens is 1. The second-order valence-corrected chi connectivity index (χ2v) is 8.54. The highest BCUT2D eigenvalue weighted by Gasteiger charge is 2.39. The summed E-state index contributed by atoms with van der Waals surface area (Å²) in [5.74, 6) is 0.0854. The summed E-state index contributed by atoms with van der Waals surface area (Å²) in [6.07, 6.45) is 1.52. The standard InChI is InChI=1S/C28H23BrN2O3/c29-25-15-11-22(12-16-25)20-34-26-17-13-21(14-18-26)19-30-31-27(32)28(33,23-7-3-1-4-8-23)24-9-5-2-6-10-24/h1-19,33H,20H2,(H,31,32). The summed E-state index contributed by atoms with van der Waals surface area (Å²) >= 11 is 3.42. The van der Waals surface area contributed by atoms with E-state index in [9.17, 15) is 9.90 Å². The molecule has 0 saturated heterocycles. The van der Waals surface area contributed by atoms with E-state index in [4.69, 9.17) is 4.74 Å². The van der Waals surface area contributed by atoms with Crippen molar-refractivity contribution in [2.24, 2.45) is 5.10 Å². The molecule has 170 valence electrons. The molecule has 1 amide bonds. The molecule has 0 saturated carbocycles. The van der Waals surface area contributed by atoms with Gasteiger partial charge in [-0.1, -0.05) is 88.7 Å². The van der Waals surface area contributed by atoms with Crippen LogP contribution >= 0.6 is 15.9 Å². The molecule has 0 heterocycles. The summed E-state index contributed by atoms with van der Waals surface area (Å²) in [6, 6.07) is 32.9. The molecule has 5 nitrogen and oxygen atoms in total. The zero-order valence-electron chi connectivity index (χ0n) is 18.3. The number of hydrazone groups is 1. The fourth-order valence-corrected chi connectivity index (χ4v) is 3.70. The number of ether oxygens (including phenoxy) is 1. The summed E-state index contributed by atoms with van der Waals surface area (Å²) in [5.41, 5.74) is 3.38. The Morgan fingerprint density at radius 1 is 0.853 bits per heavy atom. The molecule has 4 aromatic carbocycles. The molecule has 0 bridgehead atoms. The number of aliphatic hydroxyl groups is 1. The van der Waals surface area contributed by atoms with Gasteiger partial charge in [0.1, 0.15) is 12.4 Å². The zero-order chi connectivity index (χ0) is 23.8. The summed E-state index contributed by atoms with van der Waals surface area (Å²) in [6.45, 7) is 0.467. The zero-order valence-corrected chi connectivity index (χ0v) is 19.9. The van der Waals surface area contributed by atoms with Crippen LogP contribution in [0.1, 0.15) is 22.3 Å². The Bertz CT molecular complexity index is 1200. The van der Waals surface area contributed by atoms with E-state index in [1.54, 1.807) is 48.5 Å². The van der Waals surface area contributed by atoms with Crippen LogP contribution in [0.5, 0.6) is 5.75 Å². The van der Waals surface area contributed by atoms with E-state index in [1.165, 1.54) is 6.21 Å². The van der Waals surface area contributed by atoms with E-state index in [1.807, 2.05) is 60.7 Å². The monoisotopic (exact) mass is 514 g/mol. The predicted octanol–water partition coefficient (Wildman–Crippen LogP) is 5.41. The molecule has 0 fully saturated rings. The lowest BCUT2D eigenvalue weighted by atomic mass is 9.85. The maximum absolute atomic E-state index is 13.1. The molecule has 0 aliphatic rings. The van der Waals surface area contributed by atoms with Crippen molar-refractivity contribution < 1.29 is 14.6 Å². The second kappa shape index (κ2) is 10.9. The Kier molecular flexibility index (Phi) is 7.52. The van der Waals surface area contributed by atoms with Gasteiger partial charge in [0, 0.05) is 4.47 Å². The van der Waals surface area contributed by atoms with Crippen LogP contribution in [0.2, 0.25) is 0 Å². The van der Waals surface area contributed by atoms with E-state index in [2.05, 4.69) is 26.5 Å². The quantitative estimate of drug-likeness (QED) is 0.244. The first-order valence-electron chi connectivity index (χ1n) is 10.7. The Morgan fingerprint density at radius 3 is 1.97 bits per heavy atom. The minimum atomic E-state index is -1.87. The smallest absolute Gasteiger partial charge is 0.281 e. The molecule has 0 unspecified atom stereocenters.